The minimum atomic E-state index is 0.103. The van der Waals surface area contributed by atoms with Crippen molar-refractivity contribution in [3.63, 3.8) is 0 Å². The molecule has 0 spiro atoms. The third kappa shape index (κ3) is 1.76. The van der Waals surface area contributed by atoms with Crippen LogP contribution in [-0.2, 0) is 4.79 Å². The van der Waals surface area contributed by atoms with Crippen LogP contribution in [0, 0.1) is 23.2 Å². The molecule has 4 bridgehead atoms. The van der Waals surface area contributed by atoms with E-state index >= 15 is 0 Å². The molecule has 0 aromatic carbocycles. The Bertz CT molecular complexity index is 299. The molecule has 0 heterocycles. The lowest BCUT2D eigenvalue weighted by Crippen LogP contribution is -3.11. The van der Waals surface area contributed by atoms with E-state index in [9.17, 15) is 4.79 Å². The van der Waals surface area contributed by atoms with Gasteiger partial charge in [-0.1, -0.05) is 0 Å². The van der Waals surface area contributed by atoms with Crippen LogP contribution in [0.2, 0.25) is 0 Å². The van der Waals surface area contributed by atoms with Crippen molar-refractivity contribution in [3.8, 4) is 0 Å². The van der Waals surface area contributed by atoms with Crippen molar-refractivity contribution in [2.75, 3.05) is 14.1 Å². The molecule has 0 aromatic heterocycles. The maximum absolute atomic E-state index is 12.8. The van der Waals surface area contributed by atoms with Crippen LogP contribution < -0.4 is 4.90 Å². The number of ketones is 1. The van der Waals surface area contributed by atoms with Crippen LogP contribution in [0.15, 0.2) is 0 Å². The Kier molecular flexibility index (Phi) is 2.62. The second-order valence-corrected chi connectivity index (χ2v) is 7.36. The van der Waals surface area contributed by atoms with Crippen LogP contribution in [-0.4, -0.2) is 25.9 Å². The highest BCUT2D eigenvalue weighted by molar-refractivity contribution is 5.88. The van der Waals surface area contributed by atoms with Crippen LogP contribution in [0.25, 0.3) is 0 Å². The quantitative estimate of drug-likeness (QED) is 0.784. The van der Waals surface area contributed by atoms with Gasteiger partial charge in [0.05, 0.1) is 14.1 Å². The third-order valence-electron chi connectivity index (χ3n) is 5.82. The van der Waals surface area contributed by atoms with E-state index in [0.29, 0.717) is 5.78 Å². The second kappa shape index (κ2) is 3.81. The molecule has 96 valence electrons. The number of quaternary nitrogens is 1. The summed E-state index contributed by atoms with van der Waals surface area (Å²) in [6.07, 6.45) is 7.93. The van der Waals surface area contributed by atoms with Gasteiger partial charge < -0.3 is 4.90 Å². The summed E-state index contributed by atoms with van der Waals surface area (Å²) < 4.78 is 0. The van der Waals surface area contributed by atoms with E-state index in [4.69, 9.17) is 0 Å². The van der Waals surface area contributed by atoms with Crippen molar-refractivity contribution in [3.05, 3.63) is 0 Å². The molecule has 17 heavy (non-hydrogen) atoms. The van der Waals surface area contributed by atoms with E-state index in [-0.39, 0.29) is 11.5 Å². The number of Topliss-reactive ketones (excluding diaryl/α,β-unsaturated/α-hetero) is 1. The molecule has 4 rings (SSSR count). The van der Waals surface area contributed by atoms with Crippen LogP contribution in [0.4, 0.5) is 0 Å². The third-order valence-corrected chi connectivity index (χ3v) is 5.82. The van der Waals surface area contributed by atoms with Gasteiger partial charge in [0.1, 0.15) is 6.04 Å². The Labute approximate surface area is 105 Å². The van der Waals surface area contributed by atoms with E-state index in [0.717, 1.165) is 17.8 Å². The molecule has 0 unspecified atom stereocenters. The Morgan fingerprint density at radius 3 is 1.82 bits per heavy atom. The number of carbonyl (C=O) groups excluding carboxylic acids is 1. The topological polar surface area (TPSA) is 21.5 Å². The Balaban J connectivity index is 1.84. The van der Waals surface area contributed by atoms with Crippen molar-refractivity contribution in [1.82, 2.24) is 0 Å². The monoisotopic (exact) mass is 236 g/mol. The first-order valence-corrected chi connectivity index (χ1v) is 7.34. The lowest BCUT2D eigenvalue weighted by Gasteiger charge is -2.56. The Hall–Kier alpha value is -0.370. The molecule has 0 amide bonds. The highest BCUT2D eigenvalue weighted by atomic mass is 16.1. The average Bonchev–Trinajstić information content (AvgIpc) is 2.25. The second-order valence-electron chi connectivity index (χ2n) is 7.36. The molecule has 4 aliphatic carbocycles. The van der Waals surface area contributed by atoms with E-state index in [1.807, 2.05) is 0 Å². The number of hydrogen-bond donors (Lipinski definition) is 1. The highest BCUT2D eigenvalue weighted by Crippen LogP contribution is 2.60. The molecule has 4 aliphatic rings. The average molecular weight is 236 g/mol. The lowest BCUT2D eigenvalue weighted by molar-refractivity contribution is -0.873. The molecule has 4 fully saturated rings. The molecule has 0 aliphatic heterocycles. The summed E-state index contributed by atoms with van der Waals surface area (Å²) in [5, 5.41) is 0. The zero-order chi connectivity index (χ0) is 12.2. The first-order chi connectivity index (χ1) is 8.00. The zero-order valence-corrected chi connectivity index (χ0v) is 11.5. The first kappa shape index (κ1) is 11.7. The van der Waals surface area contributed by atoms with Crippen molar-refractivity contribution in [1.29, 1.82) is 0 Å². The van der Waals surface area contributed by atoms with Gasteiger partial charge in [0.2, 0.25) is 0 Å². The van der Waals surface area contributed by atoms with Crippen molar-refractivity contribution < 1.29 is 9.69 Å². The molecule has 0 radical (unpaired) electrons. The molecule has 2 nitrogen and oxygen atoms in total. The molecular weight excluding hydrogens is 210 g/mol. The van der Waals surface area contributed by atoms with Gasteiger partial charge in [0.15, 0.2) is 5.78 Å². The van der Waals surface area contributed by atoms with E-state index < -0.39 is 0 Å². The van der Waals surface area contributed by atoms with Crippen LogP contribution in [0.5, 0.6) is 0 Å². The predicted octanol–water partition coefficient (Wildman–Crippen LogP) is 1.30. The number of nitrogens with one attached hydrogen (secondary N) is 1. The van der Waals surface area contributed by atoms with Gasteiger partial charge in [-0.2, -0.15) is 0 Å². The Morgan fingerprint density at radius 2 is 1.47 bits per heavy atom. The summed E-state index contributed by atoms with van der Waals surface area (Å²) in [5.41, 5.74) is 0.103. The molecular formula is C15H26NO+. The van der Waals surface area contributed by atoms with Crippen LogP contribution in [0.1, 0.15) is 45.4 Å². The fraction of sp³-hybridized carbons (Fsp3) is 0.933. The van der Waals surface area contributed by atoms with Gasteiger partial charge in [-0.15, -0.1) is 0 Å². The minimum Gasteiger partial charge on any atom is -0.331 e. The van der Waals surface area contributed by atoms with Gasteiger partial charge in [-0.25, -0.2) is 0 Å². The van der Waals surface area contributed by atoms with Crippen LogP contribution >= 0.6 is 0 Å². The fourth-order valence-corrected chi connectivity index (χ4v) is 5.13. The summed E-state index contributed by atoms with van der Waals surface area (Å²) in [6.45, 7) is 2.12. The van der Waals surface area contributed by atoms with Gasteiger partial charge in [-0.3, -0.25) is 4.79 Å². The lowest BCUT2D eigenvalue weighted by atomic mass is 9.48. The highest BCUT2D eigenvalue weighted by Gasteiger charge is 2.55. The van der Waals surface area contributed by atoms with Crippen molar-refractivity contribution in [2.24, 2.45) is 23.2 Å². The summed E-state index contributed by atoms with van der Waals surface area (Å²) in [7, 11) is 4.23. The summed E-state index contributed by atoms with van der Waals surface area (Å²) in [5.74, 6) is 3.23. The molecule has 1 atom stereocenters. The molecule has 4 saturated carbocycles. The maximum Gasteiger partial charge on any atom is 0.195 e. The standard InChI is InChI=1S/C15H25NO/c1-10(16(2)3)14(17)15-7-11-4-12(8-15)6-13(5-11)9-15/h10-13H,4-9H2,1-3H3/p+1/t10-,11?,12?,13?,15?/m1/s1. The fourth-order valence-electron chi connectivity index (χ4n) is 5.13. The number of carbonyl (C=O) groups is 1. The van der Waals surface area contributed by atoms with Crippen LogP contribution in [0.3, 0.4) is 0 Å². The summed E-state index contributed by atoms with van der Waals surface area (Å²) in [6, 6.07) is 0.186. The summed E-state index contributed by atoms with van der Waals surface area (Å²) in [4.78, 5) is 14.1. The Morgan fingerprint density at radius 1 is 1.06 bits per heavy atom. The predicted molar refractivity (Wildman–Crippen MR) is 67.9 cm³/mol. The number of rotatable bonds is 3. The number of likely N-dealkylation sites (N-methyl/N-ethyl adjacent to an activating group) is 1. The van der Waals surface area contributed by atoms with Crippen molar-refractivity contribution in [2.45, 2.75) is 51.5 Å². The molecule has 1 N–H and O–H groups in total. The van der Waals surface area contributed by atoms with Gasteiger partial charge in [0, 0.05) is 5.41 Å². The molecule has 0 aromatic rings. The SMILES string of the molecule is C[C@H](C(=O)C12CC3CC(CC(C3)C1)C2)[NH+](C)C. The normalized spacial score (nSPS) is 45.3. The van der Waals surface area contributed by atoms with E-state index in [2.05, 4.69) is 21.0 Å². The minimum absolute atomic E-state index is 0.103. The summed E-state index contributed by atoms with van der Waals surface area (Å²) >= 11 is 0. The molecule has 0 saturated heterocycles. The maximum atomic E-state index is 12.8. The van der Waals surface area contributed by atoms with E-state index in [1.54, 1.807) is 0 Å². The van der Waals surface area contributed by atoms with E-state index in [1.165, 1.54) is 43.4 Å². The molecule has 2 heteroatoms. The first-order valence-electron chi connectivity index (χ1n) is 7.34. The van der Waals surface area contributed by atoms with Gasteiger partial charge >= 0.3 is 0 Å². The van der Waals surface area contributed by atoms with Gasteiger partial charge in [0.25, 0.3) is 0 Å². The van der Waals surface area contributed by atoms with Crippen molar-refractivity contribution >= 4 is 5.78 Å². The number of hydrogen-bond acceptors (Lipinski definition) is 1. The zero-order valence-electron chi connectivity index (χ0n) is 11.5. The van der Waals surface area contributed by atoms with Gasteiger partial charge in [-0.05, 0) is 63.2 Å². The largest absolute Gasteiger partial charge is 0.331 e. The smallest absolute Gasteiger partial charge is 0.195 e.